The van der Waals surface area contributed by atoms with Crippen molar-refractivity contribution >= 4 is 39.1 Å². The summed E-state index contributed by atoms with van der Waals surface area (Å²) in [6, 6.07) is 3.32. The number of rotatable bonds is 3. The van der Waals surface area contributed by atoms with Crippen LogP contribution in [0.3, 0.4) is 0 Å². The summed E-state index contributed by atoms with van der Waals surface area (Å²) in [6.45, 7) is 3.58. The first-order valence-electron chi connectivity index (χ1n) is 6.65. The molecule has 0 aliphatic carbocycles. The molecule has 0 fully saturated rings. The molecule has 3 heterocycles. The van der Waals surface area contributed by atoms with Crippen molar-refractivity contribution in [3.05, 3.63) is 39.7 Å². The SMILES string of the molecule is COC(=O)c1sc2nc(C)nc(Oc3ccc(Cl)nc3)c2c1C. The van der Waals surface area contributed by atoms with E-state index in [-0.39, 0.29) is 0 Å². The molecule has 3 aromatic heterocycles. The van der Waals surface area contributed by atoms with E-state index < -0.39 is 5.97 Å². The van der Waals surface area contributed by atoms with Crippen LogP contribution in [0.25, 0.3) is 10.2 Å². The first kappa shape index (κ1) is 15.6. The summed E-state index contributed by atoms with van der Waals surface area (Å²) in [4.78, 5) is 25.7. The first-order chi connectivity index (χ1) is 11.0. The zero-order valence-electron chi connectivity index (χ0n) is 12.6. The van der Waals surface area contributed by atoms with Gasteiger partial charge in [-0.3, -0.25) is 0 Å². The molecule has 6 nitrogen and oxygen atoms in total. The van der Waals surface area contributed by atoms with Gasteiger partial charge in [0.2, 0.25) is 5.88 Å². The summed E-state index contributed by atoms with van der Waals surface area (Å²) in [6.07, 6.45) is 1.51. The number of esters is 1. The Morgan fingerprint density at radius 3 is 2.70 bits per heavy atom. The van der Waals surface area contributed by atoms with Crippen molar-refractivity contribution < 1.29 is 14.3 Å². The third-order valence-corrected chi connectivity index (χ3v) is 4.54. The van der Waals surface area contributed by atoms with Gasteiger partial charge in [0.25, 0.3) is 0 Å². The van der Waals surface area contributed by atoms with Gasteiger partial charge in [-0.05, 0) is 31.5 Å². The molecule has 3 aromatic rings. The van der Waals surface area contributed by atoms with Gasteiger partial charge in [0.15, 0.2) is 0 Å². The van der Waals surface area contributed by atoms with E-state index in [1.807, 2.05) is 6.92 Å². The second-order valence-electron chi connectivity index (χ2n) is 4.72. The molecule has 0 amide bonds. The summed E-state index contributed by atoms with van der Waals surface area (Å²) in [5, 5.41) is 1.07. The zero-order valence-corrected chi connectivity index (χ0v) is 14.2. The first-order valence-corrected chi connectivity index (χ1v) is 7.84. The second kappa shape index (κ2) is 6.10. The lowest BCUT2D eigenvalue weighted by Gasteiger charge is -2.07. The molecule has 3 rings (SSSR count). The van der Waals surface area contributed by atoms with Crippen molar-refractivity contribution in [1.29, 1.82) is 0 Å². The number of nitrogens with zero attached hydrogens (tertiary/aromatic N) is 3. The van der Waals surface area contributed by atoms with Gasteiger partial charge in [-0.25, -0.2) is 14.8 Å². The number of fused-ring (bicyclic) bond motifs is 1. The predicted octanol–water partition coefficient (Wildman–Crippen LogP) is 3.94. The maximum Gasteiger partial charge on any atom is 0.348 e. The average molecular weight is 350 g/mol. The standard InChI is InChI=1S/C15H12ClN3O3S/c1-7-11-13(22-9-4-5-10(16)17-6-9)18-8(2)19-14(11)23-12(7)15(20)21-3/h4-6H,1-3H3. The molecular weight excluding hydrogens is 338 g/mol. The third kappa shape index (κ3) is 2.97. The Morgan fingerprint density at radius 2 is 2.04 bits per heavy atom. The summed E-state index contributed by atoms with van der Waals surface area (Å²) >= 11 is 7.03. The van der Waals surface area contributed by atoms with Crippen LogP contribution in [0.1, 0.15) is 21.1 Å². The van der Waals surface area contributed by atoms with Gasteiger partial charge in [-0.1, -0.05) is 11.6 Å². The number of carbonyl (C=O) groups is 1. The Labute approximate surface area is 141 Å². The third-order valence-electron chi connectivity index (χ3n) is 3.15. The number of pyridine rings is 1. The quantitative estimate of drug-likeness (QED) is 0.526. The van der Waals surface area contributed by atoms with Crippen molar-refractivity contribution in [2.45, 2.75) is 13.8 Å². The number of carbonyl (C=O) groups excluding carboxylic acids is 1. The molecule has 0 aliphatic rings. The minimum Gasteiger partial charge on any atom is -0.465 e. The molecule has 118 valence electrons. The van der Waals surface area contributed by atoms with Gasteiger partial charge in [0, 0.05) is 0 Å². The van der Waals surface area contributed by atoms with E-state index >= 15 is 0 Å². The molecule has 0 bridgehead atoms. The van der Waals surface area contributed by atoms with Crippen LogP contribution in [-0.2, 0) is 4.74 Å². The summed E-state index contributed by atoms with van der Waals surface area (Å²) in [5.74, 6) is 1.02. The minimum absolute atomic E-state index is 0.375. The number of ether oxygens (including phenoxy) is 2. The van der Waals surface area contributed by atoms with Crippen molar-refractivity contribution in [3.8, 4) is 11.6 Å². The molecule has 0 radical (unpaired) electrons. The highest BCUT2D eigenvalue weighted by molar-refractivity contribution is 7.20. The molecule has 23 heavy (non-hydrogen) atoms. The lowest BCUT2D eigenvalue weighted by Crippen LogP contribution is -2.00. The van der Waals surface area contributed by atoms with E-state index in [0.717, 1.165) is 5.56 Å². The van der Waals surface area contributed by atoms with Crippen molar-refractivity contribution in [2.75, 3.05) is 7.11 Å². The molecule has 0 aromatic carbocycles. The van der Waals surface area contributed by atoms with Gasteiger partial charge in [0.1, 0.15) is 26.4 Å². The zero-order chi connectivity index (χ0) is 16.6. The molecule has 0 spiro atoms. The Hall–Kier alpha value is -2.25. The maximum absolute atomic E-state index is 11.9. The van der Waals surface area contributed by atoms with E-state index in [9.17, 15) is 4.79 Å². The normalized spacial score (nSPS) is 10.8. The number of thiophene rings is 1. The lowest BCUT2D eigenvalue weighted by molar-refractivity contribution is 0.0605. The highest BCUT2D eigenvalue weighted by atomic mass is 35.5. The minimum atomic E-state index is -0.401. The Morgan fingerprint density at radius 1 is 1.26 bits per heavy atom. The van der Waals surface area contributed by atoms with Crippen LogP contribution < -0.4 is 4.74 Å². The van der Waals surface area contributed by atoms with Crippen LogP contribution in [0.2, 0.25) is 5.15 Å². The summed E-state index contributed by atoms with van der Waals surface area (Å²) in [7, 11) is 1.35. The monoisotopic (exact) mass is 349 g/mol. The van der Waals surface area contributed by atoms with Crippen LogP contribution in [0.4, 0.5) is 0 Å². The highest BCUT2D eigenvalue weighted by Crippen LogP contribution is 2.37. The van der Waals surface area contributed by atoms with Crippen molar-refractivity contribution in [2.24, 2.45) is 0 Å². The van der Waals surface area contributed by atoms with Gasteiger partial charge in [-0.2, -0.15) is 4.98 Å². The van der Waals surface area contributed by atoms with Gasteiger partial charge < -0.3 is 9.47 Å². The smallest absolute Gasteiger partial charge is 0.348 e. The predicted molar refractivity (Wildman–Crippen MR) is 87.5 cm³/mol. The van der Waals surface area contributed by atoms with Crippen LogP contribution in [0, 0.1) is 13.8 Å². The number of hydrogen-bond donors (Lipinski definition) is 0. The van der Waals surface area contributed by atoms with E-state index in [2.05, 4.69) is 15.0 Å². The Kier molecular flexibility index (Phi) is 4.14. The molecule has 0 N–H and O–H groups in total. The van der Waals surface area contributed by atoms with Crippen LogP contribution >= 0.6 is 22.9 Å². The lowest BCUT2D eigenvalue weighted by atomic mass is 10.2. The van der Waals surface area contributed by atoms with E-state index in [1.165, 1.54) is 24.6 Å². The Bertz CT molecular complexity index is 893. The van der Waals surface area contributed by atoms with E-state index in [0.29, 0.717) is 37.7 Å². The van der Waals surface area contributed by atoms with Gasteiger partial charge >= 0.3 is 5.97 Å². The van der Waals surface area contributed by atoms with E-state index in [1.54, 1.807) is 19.1 Å². The fourth-order valence-electron chi connectivity index (χ4n) is 2.10. The topological polar surface area (TPSA) is 74.2 Å². The molecule has 0 atom stereocenters. The van der Waals surface area contributed by atoms with Crippen LogP contribution in [-0.4, -0.2) is 28.0 Å². The molecule has 0 unspecified atom stereocenters. The molecule has 0 aliphatic heterocycles. The fourth-order valence-corrected chi connectivity index (χ4v) is 3.35. The largest absolute Gasteiger partial charge is 0.465 e. The average Bonchev–Trinajstić information content (AvgIpc) is 2.85. The van der Waals surface area contributed by atoms with Crippen molar-refractivity contribution in [1.82, 2.24) is 15.0 Å². The fraction of sp³-hybridized carbons (Fsp3) is 0.200. The highest BCUT2D eigenvalue weighted by Gasteiger charge is 2.21. The summed E-state index contributed by atoms with van der Waals surface area (Å²) < 4.78 is 10.6. The van der Waals surface area contributed by atoms with Crippen LogP contribution in [0.5, 0.6) is 11.6 Å². The number of aromatic nitrogens is 3. The number of methoxy groups -OCH3 is 1. The van der Waals surface area contributed by atoms with Crippen molar-refractivity contribution in [3.63, 3.8) is 0 Å². The summed E-state index contributed by atoms with van der Waals surface area (Å²) in [5.41, 5.74) is 0.730. The molecular formula is C15H12ClN3O3S. The van der Waals surface area contributed by atoms with E-state index in [4.69, 9.17) is 21.1 Å². The number of aryl methyl sites for hydroxylation is 2. The molecule has 0 saturated heterocycles. The van der Waals surface area contributed by atoms with Gasteiger partial charge in [0.05, 0.1) is 18.7 Å². The number of halogens is 1. The molecule has 0 saturated carbocycles. The molecule has 8 heteroatoms. The maximum atomic E-state index is 11.9. The van der Waals surface area contributed by atoms with Gasteiger partial charge in [-0.15, -0.1) is 11.3 Å². The Balaban J connectivity index is 2.13. The number of hydrogen-bond acceptors (Lipinski definition) is 7. The van der Waals surface area contributed by atoms with Crippen LogP contribution in [0.15, 0.2) is 18.3 Å². The second-order valence-corrected chi connectivity index (χ2v) is 6.11.